The van der Waals surface area contributed by atoms with Crippen LogP contribution in [0.2, 0.25) is 0 Å². The standard InChI is InChI=1S/C14H15N3O/c1-3-13(17-7-9-18-10-8-17)4-2-12(1)14-5-6-15-11-16-14/h1-6,11H,7-10H2. The fourth-order valence-electron chi connectivity index (χ4n) is 2.13. The van der Waals surface area contributed by atoms with Crippen LogP contribution in [0.25, 0.3) is 11.3 Å². The zero-order valence-corrected chi connectivity index (χ0v) is 10.1. The van der Waals surface area contributed by atoms with Crippen molar-refractivity contribution in [3.63, 3.8) is 0 Å². The molecule has 0 spiro atoms. The SMILES string of the molecule is c1cc(-c2ccc(N3CCOCC3)cc2)ncn1. The van der Waals surface area contributed by atoms with E-state index < -0.39 is 0 Å². The Bertz CT molecular complexity index is 492. The predicted molar refractivity (Wildman–Crippen MR) is 70.5 cm³/mol. The maximum atomic E-state index is 5.36. The summed E-state index contributed by atoms with van der Waals surface area (Å²) in [5, 5.41) is 0. The molecule has 0 N–H and O–H groups in total. The van der Waals surface area contributed by atoms with Gasteiger partial charge < -0.3 is 9.64 Å². The molecular weight excluding hydrogens is 226 g/mol. The van der Waals surface area contributed by atoms with Crippen molar-refractivity contribution in [2.75, 3.05) is 31.2 Å². The Hall–Kier alpha value is -1.94. The Morgan fingerprint density at radius 3 is 2.44 bits per heavy atom. The Labute approximate surface area is 106 Å². The van der Waals surface area contributed by atoms with Gasteiger partial charge in [0.1, 0.15) is 6.33 Å². The van der Waals surface area contributed by atoms with Crippen molar-refractivity contribution < 1.29 is 4.74 Å². The number of benzene rings is 1. The molecule has 0 saturated carbocycles. The van der Waals surface area contributed by atoms with Gasteiger partial charge in [-0.15, -0.1) is 0 Å². The van der Waals surface area contributed by atoms with Crippen molar-refractivity contribution in [3.05, 3.63) is 42.9 Å². The first kappa shape index (κ1) is 11.2. The summed E-state index contributed by atoms with van der Waals surface area (Å²) < 4.78 is 5.36. The Balaban J connectivity index is 1.80. The van der Waals surface area contributed by atoms with Crippen LogP contribution < -0.4 is 4.90 Å². The summed E-state index contributed by atoms with van der Waals surface area (Å²) >= 11 is 0. The minimum Gasteiger partial charge on any atom is -0.378 e. The van der Waals surface area contributed by atoms with E-state index in [0.717, 1.165) is 37.6 Å². The van der Waals surface area contributed by atoms with Crippen molar-refractivity contribution in [3.8, 4) is 11.3 Å². The zero-order chi connectivity index (χ0) is 12.2. The lowest BCUT2D eigenvalue weighted by Crippen LogP contribution is -2.36. The lowest BCUT2D eigenvalue weighted by atomic mass is 10.1. The molecule has 2 heterocycles. The molecule has 4 nitrogen and oxygen atoms in total. The molecule has 18 heavy (non-hydrogen) atoms. The van der Waals surface area contributed by atoms with Crippen LogP contribution in [0.1, 0.15) is 0 Å². The van der Waals surface area contributed by atoms with Crippen molar-refractivity contribution in [1.29, 1.82) is 0 Å². The molecule has 2 aromatic rings. The average molecular weight is 241 g/mol. The summed E-state index contributed by atoms with van der Waals surface area (Å²) in [4.78, 5) is 10.5. The van der Waals surface area contributed by atoms with E-state index in [1.807, 2.05) is 6.07 Å². The first-order valence-electron chi connectivity index (χ1n) is 6.12. The van der Waals surface area contributed by atoms with Gasteiger partial charge in [0.05, 0.1) is 18.9 Å². The normalized spacial score (nSPS) is 15.7. The minimum atomic E-state index is 0.813. The first-order valence-corrected chi connectivity index (χ1v) is 6.12. The molecule has 3 rings (SSSR count). The van der Waals surface area contributed by atoms with E-state index in [4.69, 9.17) is 4.74 Å². The van der Waals surface area contributed by atoms with Crippen LogP contribution in [-0.2, 0) is 4.74 Å². The van der Waals surface area contributed by atoms with Gasteiger partial charge in [0.25, 0.3) is 0 Å². The molecule has 1 aromatic carbocycles. The Morgan fingerprint density at radius 1 is 1.00 bits per heavy atom. The minimum absolute atomic E-state index is 0.813. The summed E-state index contributed by atoms with van der Waals surface area (Å²) in [6.45, 7) is 3.56. The number of morpholine rings is 1. The van der Waals surface area contributed by atoms with E-state index >= 15 is 0 Å². The van der Waals surface area contributed by atoms with Crippen LogP contribution in [0.15, 0.2) is 42.9 Å². The van der Waals surface area contributed by atoms with E-state index in [1.165, 1.54) is 5.69 Å². The van der Waals surface area contributed by atoms with Crippen LogP contribution in [-0.4, -0.2) is 36.3 Å². The van der Waals surface area contributed by atoms with Gasteiger partial charge in [-0.1, -0.05) is 12.1 Å². The Kier molecular flexibility index (Phi) is 3.19. The van der Waals surface area contributed by atoms with Crippen molar-refractivity contribution in [1.82, 2.24) is 9.97 Å². The highest BCUT2D eigenvalue weighted by Gasteiger charge is 2.10. The van der Waals surface area contributed by atoms with Gasteiger partial charge in [-0.25, -0.2) is 9.97 Å². The van der Waals surface area contributed by atoms with Gasteiger partial charge in [-0.05, 0) is 18.2 Å². The van der Waals surface area contributed by atoms with Crippen LogP contribution in [0, 0.1) is 0 Å². The number of anilines is 1. The van der Waals surface area contributed by atoms with Gasteiger partial charge >= 0.3 is 0 Å². The smallest absolute Gasteiger partial charge is 0.116 e. The number of hydrogen-bond donors (Lipinski definition) is 0. The monoisotopic (exact) mass is 241 g/mol. The second kappa shape index (κ2) is 5.14. The number of hydrogen-bond acceptors (Lipinski definition) is 4. The molecule has 4 heteroatoms. The van der Waals surface area contributed by atoms with Crippen LogP contribution >= 0.6 is 0 Å². The van der Waals surface area contributed by atoms with Gasteiger partial charge in [0.2, 0.25) is 0 Å². The summed E-state index contributed by atoms with van der Waals surface area (Å²) in [6, 6.07) is 10.4. The summed E-state index contributed by atoms with van der Waals surface area (Å²) in [5.41, 5.74) is 3.32. The Morgan fingerprint density at radius 2 is 1.78 bits per heavy atom. The lowest BCUT2D eigenvalue weighted by Gasteiger charge is -2.28. The van der Waals surface area contributed by atoms with Gasteiger partial charge in [0, 0.05) is 30.5 Å². The van der Waals surface area contributed by atoms with Crippen LogP contribution in [0.5, 0.6) is 0 Å². The fourth-order valence-corrected chi connectivity index (χ4v) is 2.13. The van der Waals surface area contributed by atoms with Crippen LogP contribution in [0.3, 0.4) is 0 Å². The predicted octanol–water partition coefficient (Wildman–Crippen LogP) is 1.98. The third-order valence-electron chi connectivity index (χ3n) is 3.12. The molecule has 1 aliphatic rings. The molecule has 0 atom stereocenters. The van der Waals surface area contributed by atoms with E-state index in [-0.39, 0.29) is 0 Å². The molecule has 92 valence electrons. The molecule has 1 fully saturated rings. The zero-order valence-electron chi connectivity index (χ0n) is 10.1. The third-order valence-corrected chi connectivity index (χ3v) is 3.12. The van der Waals surface area contributed by atoms with Gasteiger partial charge in [0.15, 0.2) is 0 Å². The first-order chi connectivity index (χ1) is 8.93. The second-order valence-corrected chi connectivity index (χ2v) is 4.24. The quantitative estimate of drug-likeness (QED) is 0.806. The highest BCUT2D eigenvalue weighted by molar-refractivity contribution is 5.62. The van der Waals surface area contributed by atoms with Crippen molar-refractivity contribution >= 4 is 5.69 Å². The summed E-state index contributed by atoms with van der Waals surface area (Å²) in [7, 11) is 0. The lowest BCUT2D eigenvalue weighted by molar-refractivity contribution is 0.122. The topological polar surface area (TPSA) is 38.2 Å². The molecule has 1 aliphatic heterocycles. The van der Waals surface area contributed by atoms with E-state index in [0.29, 0.717) is 0 Å². The van der Waals surface area contributed by atoms with E-state index in [1.54, 1.807) is 12.5 Å². The number of nitrogens with zero attached hydrogens (tertiary/aromatic N) is 3. The van der Waals surface area contributed by atoms with Gasteiger partial charge in [-0.2, -0.15) is 0 Å². The number of aromatic nitrogens is 2. The van der Waals surface area contributed by atoms with Crippen molar-refractivity contribution in [2.45, 2.75) is 0 Å². The molecule has 0 radical (unpaired) electrons. The molecule has 0 unspecified atom stereocenters. The number of ether oxygens (including phenoxy) is 1. The van der Waals surface area contributed by atoms with E-state index in [9.17, 15) is 0 Å². The summed E-state index contributed by atoms with van der Waals surface area (Å²) in [5.74, 6) is 0. The second-order valence-electron chi connectivity index (χ2n) is 4.24. The largest absolute Gasteiger partial charge is 0.378 e. The highest BCUT2D eigenvalue weighted by Crippen LogP contribution is 2.21. The maximum Gasteiger partial charge on any atom is 0.116 e. The summed E-state index contributed by atoms with van der Waals surface area (Å²) in [6.07, 6.45) is 3.34. The molecular formula is C14H15N3O. The van der Waals surface area contributed by atoms with Crippen molar-refractivity contribution in [2.24, 2.45) is 0 Å². The maximum absolute atomic E-state index is 5.36. The van der Waals surface area contributed by atoms with Crippen LogP contribution in [0.4, 0.5) is 5.69 Å². The molecule has 1 saturated heterocycles. The molecule has 1 aromatic heterocycles. The fraction of sp³-hybridized carbons (Fsp3) is 0.286. The molecule has 0 amide bonds. The van der Waals surface area contributed by atoms with E-state index in [2.05, 4.69) is 39.1 Å². The molecule has 0 aliphatic carbocycles. The number of rotatable bonds is 2. The average Bonchev–Trinajstić information content (AvgIpc) is 2.49. The molecule has 0 bridgehead atoms. The third kappa shape index (κ3) is 2.33. The highest BCUT2D eigenvalue weighted by atomic mass is 16.5. The van der Waals surface area contributed by atoms with Gasteiger partial charge in [-0.3, -0.25) is 0 Å².